The molecule has 0 saturated carbocycles. The fourth-order valence-electron chi connectivity index (χ4n) is 1.94. The van der Waals surface area contributed by atoms with Crippen molar-refractivity contribution in [3.8, 4) is 6.07 Å². The van der Waals surface area contributed by atoms with E-state index in [1.165, 1.54) is 0 Å². The van der Waals surface area contributed by atoms with Gasteiger partial charge in [0.25, 0.3) is 5.91 Å². The van der Waals surface area contributed by atoms with Crippen LogP contribution in [-0.2, 0) is 0 Å². The van der Waals surface area contributed by atoms with E-state index in [0.29, 0.717) is 11.1 Å². The lowest BCUT2D eigenvalue weighted by atomic mass is 10.1. The van der Waals surface area contributed by atoms with E-state index < -0.39 is 0 Å². The number of piperidine rings is 1. The Balaban J connectivity index is 1.96. The van der Waals surface area contributed by atoms with Crippen molar-refractivity contribution in [3.05, 3.63) is 35.4 Å². The molecule has 1 aliphatic rings. The number of hydrogen-bond acceptors (Lipinski definition) is 3. The van der Waals surface area contributed by atoms with Crippen LogP contribution < -0.4 is 10.6 Å². The zero-order valence-corrected chi connectivity index (χ0v) is 9.57. The van der Waals surface area contributed by atoms with Gasteiger partial charge in [0.15, 0.2) is 0 Å². The first-order chi connectivity index (χ1) is 8.29. The van der Waals surface area contributed by atoms with Gasteiger partial charge in [-0.3, -0.25) is 4.79 Å². The van der Waals surface area contributed by atoms with Crippen molar-refractivity contribution in [2.75, 3.05) is 13.1 Å². The maximum Gasteiger partial charge on any atom is 0.251 e. The molecule has 2 N–H and O–H groups in total. The topological polar surface area (TPSA) is 64.9 Å². The van der Waals surface area contributed by atoms with Crippen LogP contribution in [0.5, 0.6) is 0 Å². The molecule has 1 unspecified atom stereocenters. The summed E-state index contributed by atoms with van der Waals surface area (Å²) < 4.78 is 0. The minimum absolute atomic E-state index is 0.0665. The van der Waals surface area contributed by atoms with Gasteiger partial charge < -0.3 is 10.6 Å². The fourth-order valence-corrected chi connectivity index (χ4v) is 1.94. The zero-order valence-electron chi connectivity index (χ0n) is 9.57. The number of nitrogens with one attached hydrogen (secondary N) is 2. The highest BCUT2D eigenvalue weighted by Gasteiger charge is 2.15. The molecule has 4 nitrogen and oxygen atoms in total. The maximum atomic E-state index is 11.9. The summed E-state index contributed by atoms with van der Waals surface area (Å²) in [5.41, 5.74) is 1.18. The molecule has 1 aromatic carbocycles. The van der Waals surface area contributed by atoms with Crippen LogP contribution in [-0.4, -0.2) is 25.0 Å². The predicted molar refractivity (Wildman–Crippen MR) is 64.5 cm³/mol. The quantitative estimate of drug-likeness (QED) is 0.796. The van der Waals surface area contributed by atoms with E-state index in [9.17, 15) is 4.79 Å². The minimum atomic E-state index is -0.0665. The Morgan fingerprint density at radius 1 is 1.41 bits per heavy atom. The van der Waals surface area contributed by atoms with Crippen LogP contribution in [0.3, 0.4) is 0 Å². The van der Waals surface area contributed by atoms with Gasteiger partial charge in [0.05, 0.1) is 11.6 Å². The zero-order chi connectivity index (χ0) is 12.1. The summed E-state index contributed by atoms with van der Waals surface area (Å²) in [6, 6.07) is 8.94. The lowest BCUT2D eigenvalue weighted by Gasteiger charge is -2.23. The van der Waals surface area contributed by atoms with E-state index in [2.05, 4.69) is 10.6 Å². The van der Waals surface area contributed by atoms with E-state index in [1.54, 1.807) is 24.3 Å². The van der Waals surface area contributed by atoms with E-state index >= 15 is 0 Å². The molecule has 1 aromatic rings. The molecule has 1 aliphatic heterocycles. The maximum absolute atomic E-state index is 11.9. The summed E-state index contributed by atoms with van der Waals surface area (Å²) in [5, 5.41) is 14.9. The van der Waals surface area contributed by atoms with Crippen LogP contribution in [0.2, 0.25) is 0 Å². The van der Waals surface area contributed by atoms with Crippen LogP contribution in [0.4, 0.5) is 0 Å². The standard InChI is InChI=1S/C13H15N3O/c14-8-10-3-5-11(6-4-10)13(17)16-12-2-1-7-15-9-12/h3-6,12,15H,1-2,7,9H2,(H,16,17). The molecule has 0 radical (unpaired) electrons. The van der Waals surface area contributed by atoms with Gasteiger partial charge in [-0.25, -0.2) is 0 Å². The van der Waals surface area contributed by atoms with Crippen molar-refractivity contribution in [2.45, 2.75) is 18.9 Å². The third kappa shape index (κ3) is 3.05. The van der Waals surface area contributed by atoms with Crippen molar-refractivity contribution in [1.29, 1.82) is 5.26 Å². The first-order valence-corrected chi connectivity index (χ1v) is 5.81. The molecule has 88 valence electrons. The Morgan fingerprint density at radius 3 is 2.76 bits per heavy atom. The first kappa shape index (κ1) is 11.6. The Morgan fingerprint density at radius 2 is 2.18 bits per heavy atom. The monoisotopic (exact) mass is 229 g/mol. The highest BCUT2D eigenvalue weighted by molar-refractivity contribution is 5.94. The second-order valence-electron chi connectivity index (χ2n) is 4.21. The molecule has 0 aromatic heterocycles. The third-order valence-corrected chi connectivity index (χ3v) is 2.91. The summed E-state index contributed by atoms with van der Waals surface area (Å²) in [4.78, 5) is 11.9. The Bertz CT molecular complexity index is 427. The number of amides is 1. The molecular weight excluding hydrogens is 214 g/mol. The number of nitrogens with zero attached hydrogens (tertiary/aromatic N) is 1. The van der Waals surface area contributed by atoms with Gasteiger partial charge in [-0.05, 0) is 43.7 Å². The van der Waals surface area contributed by atoms with Crippen LogP contribution in [0, 0.1) is 11.3 Å². The summed E-state index contributed by atoms with van der Waals surface area (Å²) >= 11 is 0. The first-order valence-electron chi connectivity index (χ1n) is 5.81. The van der Waals surface area contributed by atoms with Crippen molar-refractivity contribution in [3.63, 3.8) is 0 Å². The van der Waals surface area contributed by atoms with Gasteiger partial charge in [-0.1, -0.05) is 0 Å². The van der Waals surface area contributed by atoms with Gasteiger partial charge in [-0.2, -0.15) is 5.26 Å². The molecule has 1 atom stereocenters. The van der Waals surface area contributed by atoms with E-state index in [0.717, 1.165) is 25.9 Å². The molecule has 4 heteroatoms. The molecule has 1 saturated heterocycles. The van der Waals surface area contributed by atoms with E-state index in [4.69, 9.17) is 5.26 Å². The number of benzene rings is 1. The van der Waals surface area contributed by atoms with Gasteiger partial charge in [0, 0.05) is 18.2 Å². The minimum Gasteiger partial charge on any atom is -0.348 e. The molecule has 0 aliphatic carbocycles. The van der Waals surface area contributed by atoms with Crippen molar-refractivity contribution in [1.82, 2.24) is 10.6 Å². The number of carbonyl (C=O) groups excluding carboxylic acids is 1. The average Bonchev–Trinajstić information content (AvgIpc) is 2.40. The fraction of sp³-hybridized carbons (Fsp3) is 0.385. The van der Waals surface area contributed by atoms with Crippen molar-refractivity contribution >= 4 is 5.91 Å². The third-order valence-electron chi connectivity index (χ3n) is 2.91. The second kappa shape index (κ2) is 5.46. The van der Waals surface area contributed by atoms with Crippen molar-refractivity contribution in [2.24, 2.45) is 0 Å². The highest BCUT2D eigenvalue weighted by Crippen LogP contribution is 2.06. The second-order valence-corrected chi connectivity index (χ2v) is 4.21. The molecule has 1 amide bonds. The van der Waals surface area contributed by atoms with Crippen LogP contribution in [0.15, 0.2) is 24.3 Å². The lowest BCUT2D eigenvalue weighted by Crippen LogP contribution is -2.45. The smallest absolute Gasteiger partial charge is 0.251 e. The van der Waals surface area contributed by atoms with Crippen LogP contribution in [0.1, 0.15) is 28.8 Å². The molecule has 0 bridgehead atoms. The number of nitriles is 1. The Labute approximate surface area is 101 Å². The lowest BCUT2D eigenvalue weighted by molar-refractivity contribution is 0.0930. The van der Waals surface area contributed by atoms with Gasteiger partial charge in [-0.15, -0.1) is 0 Å². The average molecular weight is 229 g/mol. The number of hydrogen-bond donors (Lipinski definition) is 2. The Hall–Kier alpha value is -1.86. The number of carbonyl (C=O) groups is 1. The molecule has 2 rings (SSSR count). The van der Waals surface area contributed by atoms with Gasteiger partial charge in [0.1, 0.15) is 0 Å². The Kier molecular flexibility index (Phi) is 3.73. The molecule has 1 fully saturated rings. The molecule has 17 heavy (non-hydrogen) atoms. The summed E-state index contributed by atoms with van der Waals surface area (Å²) in [6.07, 6.45) is 2.12. The van der Waals surface area contributed by atoms with Gasteiger partial charge >= 0.3 is 0 Å². The SMILES string of the molecule is N#Cc1ccc(C(=O)NC2CCCNC2)cc1. The summed E-state index contributed by atoms with van der Waals surface area (Å²) in [5.74, 6) is -0.0665. The molecular formula is C13H15N3O. The molecule has 1 heterocycles. The number of rotatable bonds is 2. The van der Waals surface area contributed by atoms with E-state index in [-0.39, 0.29) is 11.9 Å². The van der Waals surface area contributed by atoms with Gasteiger partial charge in [0.2, 0.25) is 0 Å². The van der Waals surface area contributed by atoms with Crippen LogP contribution in [0.25, 0.3) is 0 Å². The molecule has 0 spiro atoms. The van der Waals surface area contributed by atoms with Crippen molar-refractivity contribution < 1.29 is 4.79 Å². The van der Waals surface area contributed by atoms with E-state index in [1.807, 2.05) is 6.07 Å². The normalized spacial score (nSPS) is 19.4. The van der Waals surface area contributed by atoms with Crippen LogP contribution >= 0.6 is 0 Å². The highest BCUT2D eigenvalue weighted by atomic mass is 16.1. The largest absolute Gasteiger partial charge is 0.348 e. The summed E-state index contributed by atoms with van der Waals surface area (Å²) in [6.45, 7) is 1.87. The predicted octanol–water partition coefficient (Wildman–Crippen LogP) is 1.04. The summed E-state index contributed by atoms with van der Waals surface area (Å²) in [7, 11) is 0.